The summed E-state index contributed by atoms with van der Waals surface area (Å²) in [5.41, 5.74) is -1.78. The Bertz CT molecular complexity index is 442. The number of aliphatic hydroxyl groups is 4. The highest BCUT2D eigenvalue weighted by Gasteiger charge is 2.55. The normalized spacial score (nSPS) is 34.0. The zero-order chi connectivity index (χ0) is 17.9. The lowest BCUT2D eigenvalue weighted by Gasteiger charge is -2.48. The first kappa shape index (κ1) is 19.8. The van der Waals surface area contributed by atoms with E-state index in [0.29, 0.717) is 0 Å². The van der Waals surface area contributed by atoms with Crippen molar-refractivity contribution < 1.29 is 39.9 Å². The monoisotopic (exact) mass is 335 g/mol. The van der Waals surface area contributed by atoms with Crippen LogP contribution in [0.3, 0.4) is 0 Å². The van der Waals surface area contributed by atoms with Crippen LogP contribution >= 0.6 is 0 Å². The van der Waals surface area contributed by atoms with E-state index in [1.165, 1.54) is 6.92 Å². The smallest absolute Gasteiger partial charge is 0.336 e. The lowest BCUT2D eigenvalue weighted by atomic mass is 9.78. The molecule has 1 rings (SSSR count). The zero-order valence-corrected chi connectivity index (χ0v) is 13.3. The van der Waals surface area contributed by atoms with Gasteiger partial charge in [-0.1, -0.05) is 13.8 Å². The number of hydrogen-bond acceptors (Lipinski definition) is 7. The summed E-state index contributed by atoms with van der Waals surface area (Å²) in [6.45, 7) is 3.59. The Labute approximate surface area is 133 Å². The molecular formula is C14H25NO8. The van der Waals surface area contributed by atoms with E-state index < -0.39 is 60.5 Å². The molecule has 134 valence electrons. The van der Waals surface area contributed by atoms with Crippen molar-refractivity contribution >= 4 is 11.9 Å². The zero-order valence-electron chi connectivity index (χ0n) is 13.3. The summed E-state index contributed by atoms with van der Waals surface area (Å²) < 4.78 is 5.57. The number of amides is 1. The maximum atomic E-state index is 11.7. The molecule has 2 unspecified atom stereocenters. The number of carboxylic acids is 1. The lowest BCUT2D eigenvalue weighted by molar-refractivity contribution is -0.240. The lowest BCUT2D eigenvalue weighted by Crippen LogP contribution is -2.68. The highest BCUT2D eigenvalue weighted by Crippen LogP contribution is 2.37. The van der Waals surface area contributed by atoms with Crippen molar-refractivity contribution in [2.75, 3.05) is 6.61 Å². The maximum Gasteiger partial charge on any atom is 0.336 e. The van der Waals surface area contributed by atoms with Crippen molar-refractivity contribution in [2.45, 2.75) is 63.3 Å². The fourth-order valence-electron chi connectivity index (χ4n) is 2.80. The third kappa shape index (κ3) is 3.99. The minimum Gasteiger partial charge on any atom is -0.479 e. The van der Waals surface area contributed by atoms with Gasteiger partial charge in [-0.15, -0.1) is 0 Å². The van der Waals surface area contributed by atoms with Crippen molar-refractivity contribution in [2.24, 2.45) is 5.92 Å². The van der Waals surface area contributed by atoms with E-state index in [-0.39, 0.29) is 6.42 Å². The van der Waals surface area contributed by atoms with Gasteiger partial charge in [0, 0.05) is 13.3 Å². The van der Waals surface area contributed by atoms with Gasteiger partial charge in [0.15, 0.2) is 5.60 Å². The van der Waals surface area contributed by atoms with Crippen molar-refractivity contribution in [3.05, 3.63) is 0 Å². The Balaban J connectivity index is 3.23. The van der Waals surface area contributed by atoms with Crippen LogP contribution in [0.4, 0.5) is 0 Å². The second-order valence-corrected chi connectivity index (χ2v) is 6.17. The number of aliphatic hydroxyl groups excluding tert-OH is 4. The predicted molar refractivity (Wildman–Crippen MR) is 77.4 cm³/mol. The summed E-state index contributed by atoms with van der Waals surface area (Å²) >= 11 is 0. The molecule has 23 heavy (non-hydrogen) atoms. The molecule has 1 amide bonds. The van der Waals surface area contributed by atoms with E-state index in [1.54, 1.807) is 13.8 Å². The molecule has 0 bridgehead atoms. The van der Waals surface area contributed by atoms with Crippen LogP contribution in [0, 0.1) is 5.92 Å². The molecule has 0 aromatic carbocycles. The molecule has 1 saturated heterocycles. The molecule has 0 aliphatic carbocycles. The second kappa shape index (κ2) is 7.54. The average molecular weight is 335 g/mol. The Morgan fingerprint density at radius 2 is 1.91 bits per heavy atom. The molecule has 0 saturated carbocycles. The molecule has 1 aliphatic rings. The van der Waals surface area contributed by atoms with Crippen LogP contribution in [0.5, 0.6) is 0 Å². The van der Waals surface area contributed by atoms with Gasteiger partial charge in [-0.25, -0.2) is 4.79 Å². The van der Waals surface area contributed by atoms with E-state index in [9.17, 15) is 30.0 Å². The van der Waals surface area contributed by atoms with Gasteiger partial charge in [0.1, 0.15) is 18.3 Å². The van der Waals surface area contributed by atoms with Crippen molar-refractivity contribution in [3.8, 4) is 0 Å². The molecule has 1 aliphatic heterocycles. The Hall–Kier alpha value is -1.26. The van der Waals surface area contributed by atoms with E-state index in [4.69, 9.17) is 9.84 Å². The third-order valence-corrected chi connectivity index (χ3v) is 4.21. The summed E-state index contributed by atoms with van der Waals surface area (Å²) in [6.07, 6.45) is -6.30. The van der Waals surface area contributed by atoms with Crippen LogP contribution in [0.1, 0.15) is 27.2 Å². The van der Waals surface area contributed by atoms with Gasteiger partial charge in [-0.05, 0) is 5.92 Å². The van der Waals surface area contributed by atoms with Gasteiger partial charge < -0.3 is 35.6 Å². The fraction of sp³-hybridized carbons (Fsp3) is 0.857. The standard InChI is InChI=1S/C14H25NO8/c1-6(2)14(13(21)22)4-8(18)10(15-7(3)17)12(23-14)11(20)9(19)5-16/h6,8-12,16,18-20H,4-5H2,1-3H3,(H,15,17)(H,21,22)/t8-,9-,10?,11-,12?,14+/m1/s1. The largest absolute Gasteiger partial charge is 0.479 e. The molecule has 9 heteroatoms. The van der Waals surface area contributed by atoms with Crippen molar-refractivity contribution in [1.29, 1.82) is 0 Å². The number of carbonyl (C=O) groups excluding carboxylic acids is 1. The maximum absolute atomic E-state index is 11.7. The SMILES string of the molecule is CC(=O)NC1C([C@H](O)[C@H](O)CO)O[C@](C(=O)O)(C(C)C)C[C@H]1O. The molecule has 1 fully saturated rings. The summed E-state index contributed by atoms with van der Waals surface area (Å²) in [6, 6.07) is -1.12. The van der Waals surface area contributed by atoms with Gasteiger partial charge in [-0.3, -0.25) is 4.79 Å². The molecule has 0 aromatic rings. The van der Waals surface area contributed by atoms with Crippen LogP contribution < -0.4 is 5.32 Å². The van der Waals surface area contributed by atoms with E-state index in [1.807, 2.05) is 0 Å². The van der Waals surface area contributed by atoms with Crippen molar-refractivity contribution in [1.82, 2.24) is 5.32 Å². The third-order valence-electron chi connectivity index (χ3n) is 4.21. The quantitative estimate of drug-likeness (QED) is 0.320. The van der Waals surface area contributed by atoms with Gasteiger partial charge in [0.05, 0.1) is 18.8 Å². The second-order valence-electron chi connectivity index (χ2n) is 6.17. The van der Waals surface area contributed by atoms with Gasteiger partial charge in [0.25, 0.3) is 0 Å². The molecule has 6 N–H and O–H groups in total. The average Bonchev–Trinajstić information content (AvgIpc) is 2.46. The molecule has 6 atom stereocenters. The van der Waals surface area contributed by atoms with Crippen LogP contribution in [0.25, 0.3) is 0 Å². The topological polar surface area (TPSA) is 157 Å². The van der Waals surface area contributed by atoms with Crippen LogP contribution in [-0.4, -0.2) is 80.1 Å². The Morgan fingerprint density at radius 3 is 2.30 bits per heavy atom. The number of aliphatic carboxylic acids is 1. The first-order valence-electron chi connectivity index (χ1n) is 7.40. The van der Waals surface area contributed by atoms with Crippen LogP contribution in [0.15, 0.2) is 0 Å². The van der Waals surface area contributed by atoms with E-state index in [2.05, 4.69) is 5.32 Å². The number of hydrogen-bond donors (Lipinski definition) is 6. The minimum atomic E-state index is -1.78. The summed E-state index contributed by atoms with van der Waals surface area (Å²) in [5, 5.41) is 51.0. The van der Waals surface area contributed by atoms with Gasteiger partial charge in [0.2, 0.25) is 5.91 Å². The first-order chi connectivity index (χ1) is 10.6. The number of nitrogens with one attached hydrogen (secondary N) is 1. The number of ether oxygens (including phenoxy) is 1. The first-order valence-corrected chi connectivity index (χ1v) is 7.40. The summed E-state index contributed by atoms with van der Waals surface area (Å²) in [7, 11) is 0. The molecule has 0 radical (unpaired) electrons. The van der Waals surface area contributed by atoms with Crippen LogP contribution in [-0.2, 0) is 14.3 Å². The fourth-order valence-corrected chi connectivity index (χ4v) is 2.80. The highest BCUT2D eigenvalue weighted by atomic mass is 16.6. The van der Waals surface area contributed by atoms with Crippen LogP contribution in [0.2, 0.25) is 0 Å². The van der Waals surface area contributed by atoms with Crippen molar-refractivity contribution in [3.63, 3.8) is 0 Å². The number of rotatable bonds is 6. The van der Waals surface area contributed by atoms with E-state index in [0.717, 1.165) is 0 Å². The number of carboxylic acid groups (broad SMARTS) is 1. The summed E-state index contributed by atoms with van der Waals surface area (Å²) in [4.78, 5) is 23.0. The molecular weight excluding hydrogens is 310 g/mol. The molecule has 0 aromatic heterocycles. The van der Waals surface area contributed by atoms with Gasteiger partial charge >= 0.3 is 5.97 Å². The molecule has 1 heterocycles. The van der Waals surface area contributed by atoms with Gasteiger partial charge in [-0.2, -0.15) is 0 Å². The number of carbonyl (C=O) groups is 2. The Kier molecular flexibility index (Phi) is 6.49. The summed E-state index contributed by atoms with van der Waals surface area (Å²) in [5.74, 6) is -2.38. The highest BCUT2D eigenvalue weighted by molar-refractivity contribution is 5.78. The molecule has 9 nitrogen and oxygen atoms in total. The Morgan fingerprint density at radius 1 is 1.35 bits per heavy atom. The predicted octanol–water partition coefficient (Wildman–Crippen LogP) is -2.17. The molecule has 0 spiro atoms. The van der Waals surface area contributed by atoms with E-state index >= 15 is 0 Å². The minimum absolute atomic E-state index is 0.288.